The minimum atomic E-state index is -0.199. The lowest BCUT2D eigenvalue weighted by Gasteiger charge is -2.13. The number of aliphatic hydroxyl groups is 1. The third-order valence-corrected chi connectivity index (χ3v) is 2.04. The highest BCUT2D eigenvalue weighted by Crippen LogP contribution is 2.03. The Hall–Kier alpha value is -0.120. The molecular weight excluding hydrogens is 142 g/mol. The van der Waals surface area contributed by atoms with Crippen molar-refractivity contribution in [2.45, 2.75) is 31.9 Å². The maximum atomic E-state index is 9.21. The van der Waals surface area contributed by atoms with Crippen LogP contribution in [-0.4, -0.2) is 37.0 Å². The van der Waals surface area contributed by atoms with Gasteiger partial charge in [-0.3, -0.25) is 0 Å². The number of rotatable bonds is 4. The molecule has 0 radical (unpaired) electrons. The van der Waals surface area contributed by atoms with Crippen LogP contribution in [-0.2, 0) is 4.74 Å². The molecule has 3 nitrogen and oxygen atoms in total. The monoisotopic (exact) mass is 159 g/mol. The van der Waals surface area contributed by atoms with Gasteiger partial charge in [0.05, 0.1) is 12.7 Å². The number of nitrogens with one attached hydrogen (secondary N) is 1. The highest BCUT2D eigenvalue weighted by atomic mass is 16.5. The van der Waals surface area contributed by atoms with Gasteiger partial charge in [0.15, 0.2) is 0 Å². The summed E-state index contributed by atoms with van der Waals surface area (Å²) in [6, 6.07) is 0.469. The molecule has 11 heavy (non-hydrogen) atoms. The van der Waals surface area contributed by atoms with E-state index in [-0.39, 0.29) is 6.10 Å². The standard InChI is InChI=1S/C8H17NO2/c1-2-8(10)5-9-7-3-4-11-6-7/h7-10H,2-6H2,1H3/t7?,8-/m1/s1. The summed E-state index contributed by atoms with van der Waals surface area (Å²) in [4.78, 5) is 0. The number of ether oxygens (including phenoxy) is 1. The minimum Gasteiger partial charge on any atom is -0.392 e. The lowest BCUT2D eigenvalue weighted by atomic mass is 10.2. The largest absolute Gasteiger partial charge is 0.392 e. The van der Waals surface area contributed by atoms with Gasteiger partial charge in [-0.25, -0.2) is 0 Å². The molecule has 3 heteroatoms. The van der Waals surface area contributed by atoms with Crippen LogP contribution < -0.4 is 5.32 Å². The van der Waals surface area contributed by atoms with E-state index in [2.05, 4.69) is 5.32 Å². The molecule has 0 aromatic rings. The molecule has 2 atom stereocenters. The summed E-state index contributed by atoms with van der Waals surface area (Å²) in [6.07, 6.45) is 1.70. The Balaban J connectivity index is 2.01. The molecular formula is C8H17NO2. The van der Waals surface area contributed by atoms with Crippen molar-refractivity contribution >= 4 is 0 Å². The molecule has 1 heterocycles. The van der Waals surface area contributed by atoms with Gasteiger partial charge in [0.1, 0.15) is 0 Å². The summed E-state index contributed by atoms with van der Waals surface area (Å²) >= 11 is 0. The second-order valence-corrected chi connectivity index (χ2v) is 3.03. The van der Waals surface area contributed by atoms with E-state index in [0.717, 1.165) is 26.1 Å². The van der Waals surface area contributed by atoms with Crippen LogP contribution in [0.1, 0.15) is 19.8 Å². The summed E-state index contributed by atoms with van der Waals surface area (Å²) in [6.45, 7) is 4.35. The summed E-state index contributed by atoms with van der Waals surface area (Å²) < 4.78 is 5.18. The Bertz CT molecular complexity index is 102. The fourth-order valence-electron chi connectivity index (χ4n) is 1.14. The van der Waals surface area contributed by atoms with Crippen LogP contribution in [0.25, 0.3) is 0 Å². The number of hydrogen-bond acceptors (Lipinski definition) is 3. The van der Waals surface area contributed by atoms with E-state index in [0.29, 0.717) is 12.6 Å². The molecule has 0 aliphatic carbocycles. The lowest BCUT2D eigenvalue weighted by molar-refractivity contribution is 0.156. The molecule has 2 N–H and O–H groups in total. The topological polar surface area (TPSA) is 41.5 Å². The fourth-order valence-corrected chi connectivity index (χ4v) is 1.14. The second kappa shape index (κ2) is 4.70. The molecule has 1 fully saturated rings. The Morgan fingerprint density at radius 3 is 3.09 bits per heavy atom. The molecule has 1 saturated heterocycles. The van der Waals surface area contributed by atoms with Gasteiger partial charge in [-0.1, -0.05) is 6.92 Å². The second-order valence-electron chi connectivity index (χ2n) is 3.03. The van der Waals surface area contributed by atoms with E-state index in [4.69, 9.17) is 4.74 Å². The van der Waals surface area contributed by atoms with Crippen molar-refractivity contribution in [1.29, 1.82) is 0 Å². The third-order valence-electron chi connectivity index (χ3n) is 2.04. The lowest BCUT2D eigenvalue weighted by Crippen LogP contribution is -2.35. The van der Waals surface area contributed by atoms with Crippen LogP contribution >= 0.6 is 0 Å². The Labute approximate surface area is 67.7 Å². The average molecular weight is 159 g/mol. The summed E-state index contributed by atoms with van der Waals surface area (Å²) in [7, 11) is 0. The zero-order chi connectivity index (χ0) is 8.10. The van der Waals surface area contributed by atoms with Gasteiger partial charge in [0.2, 0.25) is 0 Å². The van der Waals surface area contributed by atoms with E-state index in [1.54, 1.807) is 0 Å². The first-order valence-electron chi connectivity index (χ1n) is 4.32. The number of hydrogen-bond donors (Lipinski definition) is 2. The molecule has 0 aromatic carbocycles. The minimum absolute atomic E-state index is 0.199. The van der Waals surface area contributed by atoms with E-state index >= 15 is 0 Å². The summed E-state index contributed by atoms with van der Waals surface area (Å²) in [5, 5.41) is 12.5. The molecule has 1 rings (SSSR count). The highest BCUT2D eigenvalue weighted by molar-refractivity contribution is 4.72. The van der Waals surface area contributed by atoms with Crippen LogP contribution in [0.2, 0.25) is 0 Å². The summed E-state index contributed by atoms with van der Waals surface area (Å²) in [5.41, 5.74) is 0. The van der Waals surface area contributed by atoms with E-state index < -0.39 is 0 Å². The predicted molar refractivity (Wildman–Crippen MR) is 43.5 cm³/mol. The van der Waals surface area contributed by atoms with Crippen LogP contribution in [0.15, 0.2) is 0 Å². The van der Waals surface area contributed by atoms with E-state index in [9.17, 15) is 5.11 Å². The first-order chi connectivity index (χ1) is 5.33. The molecule has 66 valence electrons. The quantitative estimate of drug-likeness (QED) is 0.613. The zero-order valence-corrected chi connectivity index (χ0v) is 7.05. The van der Waals surface area contributed by atoms with Crippen LogP contribution in [0.3, 0.4) is 0 Å². The van der Waals surface area contributed by atoms with Crippen molar-refractivity contribution in [2.24, 2.45) is 0 Å². The van der Waals surface area contributed by atoms with Crippen LogP contribution in [0, 0.1) is 0 Å². The Kier molecular flexibility index (Phi) is 3.83. The van der Waals surface area contributed by atoms with Gasteiger partial charge in [0.25, 0.3) is 0 Å². The van der Waals surface area contributed by atoms with Crippen molar-refractivity contribution in [2.75, 3.05) is 19.8 Å². The fraction of sp³-hybridized carbons (Fsp3) is 1.00. The molecule has 0 spiro atoms. The molecule has 1 unspecified atom stereocenters. The SMILES string of the molecule is CC[C@@H](O)CNC1CCOC1. The highest BCUT2D eigenvalue weighted by Gasteiger charge is 2.15. The number of aliphatic hydroxyl groups excluding tert-OH is 1. The van der Waals surface area contributed by atoms with Gasteiger partial charge in [-0.2, -0.15) is 0 Å². The van der Waals surface area contributed by atoms with Gasteiger partial charge >= 0.3 is 0 Å². The van der Waals surface area contributed by atoms with E-state index in [1.165, 1.54) is 0 Å². The van der Waals surface area contributed by atoms with Gasteiger partial charge in [0, 0.05) is 19.2 Å². The van der Waals surface area contributed by atoms with Crippen molar-refractivity contribution in [3.63, 3.8) is 0 Å². The molecule has 1 aliphatic heterocycles. The molecule has 0 bridgehead atoms. The van der Waals surface area contributed by atoms with Gasteiger partial charge in [-0.05, 0) is 12.8 Å². The van der Waals surface area contributed by atoms with E-state index in [1.807, 2.05) is 6.92 Å². The van der Waals surface area contributed by atoms with Crippen molar-refractivity contribution in [3.8, 4) is 0 Å². The van der Waals surface area contributed by atoms with Crippen LogP contribution in [0.5, 0.6) is 0 Å². The molecule has 0 aromatic heterocycles. The van der Waals surface area contributed by atoms with Gasteiger partial charge in [-0.15, -0.1) is 0 Å². The molecule has 0 amide bonds. The summed E-state index contributed by atoms with van der Waals surface area (Å²) in [5.74, 6) is 0. The average Bonchev–Trinajstić information content (AvgIpc) is 2.52. The normalized spacial score (nSPS) is 27.3. The molecule has 0 saturated carbocycles. The van der Waals surface area contributed by atoms with Crippen LogP contribution in [0.4, 0.5) is 0 Å². The molecule has 1 aliphatic rings. The maximum absolute atomic E-state index is 9.21. The van der Waals surface area contributed by atoms with Crippen molar-refractivity contribution in [1.82, 2.24) is 5.32 Å². The Morgan fingerprint density at radius 2 is 2.55 bits per heavy atom. The zero-order valence-electron chi connectivity index (χ0n) is 7.05. The van der Waals surface area contributed by atoms with Crippen molar-refractivity contribution in [3.05, 3.63) is 0 Å². The van der Waals surface area contributed by atoms with Gasteiger partial charge < -0.3 is 15.2 Å². The third kappa shape index (κ3) is 3.18. The Morgan fingerprint density at radius 1 is 1.73 bits per heavy atom. The predicted octanol–water partition coefficient (Wildman–Crippen LogP) is 0.136. The van der Waals surface area contributed by atoms with Crippen molar-refractivity contribution < 1.29 is 9.84 Å². The first kappa shape index (κ1) is 8.97. The first-order valence-corrected chi connectivity index (χ1v) is 4.32. The smallest absolute Gasteiger partial charge is 0.0662 e. The maximum Gasteiger partial charge on any atom is 0.0662 e.